The van der Waals surface area contributed by atoms with Crippen LogP contribution in [0, 0.1) is 0 Å². The molecule has 1 aromatic rings. The molecule has 0 saturated heterocycles. The molecule has 1 rings (SSSR count). The Labute approximate surface area is 61.3 Å². The quantitative estimate of drug-likeness (QED) is 0.632. The minimum atomic E-state index is 0.250. The lowest BCUT2D eigenvalue weighted by atomic mass is 10.7. The normalized spacial score (nSPS) is 8.30. The molecule has 0 bridgehead atoms. The topological polar surface area (TPSA) is 38.0 Å². The van der Waals surface area contributed by atoms with E-state index in [4.69, 9.17) is 5.11 Å². The minimum Gasteiger partial charge on any atom is -0.397 e. The van der Waals surface area contributed by atoms with Crippen LogP contribution in [0.25, 0.3) is 0 Å². The summed E-state index contributed by atoms with van der Waals surface area (Å²) >= 11 is 0. The third-order valence-electron chi connectivity index (χ3n) is 0.924. The van der Waals surface area contributed by atoms with Crippen molar-refractivity contribution in [1.29, 1.82) is 0 Å². The molecule has 0 aliphatic rings. The molecule has 0 saturated carbocycles. The van der Waals surface area contributed by atoms with Crippen LogP contribution in [-0.2, 0) is 6.54 Å². The molecule has 0 aliphatic heterocycles. The predicted molar refractivity (Wildman–Crippen MR) is 40.7 cm³/mol. The first-order chi connectivity index (χ1) is 4.85. The SMILES string of the molecule is CCO.CCn1ccnc1. The molecule has 3 nitrogen and oxygen atoms in total. The van der Waals surface area contributed by atoms with Gasteiger partial charge in [0.2, 0.25) is 0 Å². The number of rotatable bonds is 1. The zero-order valence-corrected chi connectivity index (χ0v) is 6.49. The molecule has 0 spiro atoms. The lowest BCUT2D eigenvalue weighted by molar-refractivity contribution is 0.318. The van der Waals surface area contributed by atoms with E-state index in [1.165, 1.54) is 0 Å². The first-order valence-electron chi connectivity index (χ1n) is 3.41. The van der Waals surface area contributed by atoms with Crippen molar-refractivity contribution < 1.29 is 5.11 Å². The molecule has 10 heavy (non-hydrogen) atoms. The molecule has 1 aromatic heterocycles. The first-order valence-corrected chi connectivity index (χ1v) is 3.41. The van der Waals surface area contributed by atoms with Gasteiger partial charge in [-0.05, 0) is 13.8 Å². The monoisotopic (exact) mass is 142 g/mol. The summed E-state index contributed by atoms with van der Waals surface area (Å²) in [5.74, 6) is 0. The van der Waals surface area contributed by atoms with Crippen molar-refractivity contribution in [2.75, 3.05) is 6.61 Å². The molecule has 0 atom stereocenters. The van der Waals surface area contributed by atoms with Crippen LogP contribution in [-0.4, -0.2) is 21.3 Å². The Morgan fingerprint density at radius 1 is 1.50 bits per heavy atom. The second-order valence-electron chi connectivity index (χ2n) is 1.71. The summed E-state index contributed by atoms with van der Waals surface area (Å²) in [5.41, 5.74) is 0. The van der Waals surface area contributed by atoms with Gasteiger partial charge in [-0.1, -0.05) is 0 Å². The first kappa shape index (κ1) is 9.17. The summed E-state index contributed by atoms with van der Waals surface area (Å²) in [7, 11) is 0. The molecule has 0 unspecified atom stereocenters. The van der Waals surface area contributed by atoms with Gasteiger partial charge in [0.15, 0.2) is 0 Å². The fourth-order valence-corrected chi connectivity index (χ4v) is 0.474. The van der Waals surface area contributed by atoms with E-state index in [1.807, 2.05) is 10.8 Å². The number of aliphatic hydroxyl groups is 1. The van der Waals surface area contributed by atoms with Crippen LogP contribution in [0.3, 0.4) is 0 Å². The lowest BCUT2D eigenvalue weighted by Crippen LogP contribution is -1.85. The molecule has 3 heteroatoms. The fraction of sp³-hybridized carbons (Fsp3) is 0.571. The van der Waals surface area contributed by atoms with Gasteiger partial charge in [-0.2, -0.15) is 0 Å². The van der Waals surface area contributed by atoms with E-state index in [9.17, 15) is 0 Å². The van der Waals surface area contributed by atoms with Crippen molar-refractivity contribution in [3.05, 3.63) is 18.7 Å². The van der Waals surface area contributed by atoms with Gasteiger partial charge in [-0.25, -0.2) is 4.98 Å². The van der Waals surface area contributed by atoms with Gasteiger partial charge in [0, 0.05) is 25.5 Å². The molecule has 0 aliphatic carbocycles. The molecule has 0 radical (unpaired) electrons. The highest BCUT2D eigenvalue weighted by Crippen LogP contribution is 1.81. The van der Waals surface area contributed by atoms with Crippen molar-refractivity contribution in [2.24, 2.45) is 0 Å². The Kier molecular flexibility index (Phi) is 5.77. The van der Waals surface area contributed by atoms with Crippen LogP contribution >= 0.6 is 0 Å². The van der Waals surface area contributed by atoms with Gasteiger partial charge in [0.25, 0.3) is 0 Å². The fourth-order valence-electron chi connectivity index (χ4n) is 0.474. The van der Waals surface area contributed by atoms with Crippen molar-refractivity contribution in [3.63, 3.8) is 0 Å². The molecule has 0 fully saturated rings. The van der Waals surface area contributed by atoms with Crippen LogP contribution in [0.5, 0.6) is 0 Å². The molecule has 58 valence electrons. The Hall–Kier alpha value is -0.830. The third-order valence-corrected chi connectivity index (χ3v) is 0.924. The van der Waals surface area contributed by atoms with E-state index >= 15 is 0 Å². The average molecular weight is 142 g/mol. The highest BCUT2D eigenvalue weighted by Gasteiger charge is 1.77. The summed E-state index contributed by atoms with van der Waals surface area (Å²) in [6.45, 7) is 5.03. The maximum Gasteiger partial charge on any atom is 0.0945 e. The van der Waals surface area contributed by atoms with E-state index in [2.05, 4.69) is 11.9 Å². The van der Waals surface area contributed by atoms with E-state index in [1.54, 1.807) is 19.4 Å². The largest absolute Gasteiger partial charge is 0.397 e. The molecule has 0 amide bonds. The summed E-state index contributed by atoms with van der Waals surface area (Å²) in [6.07, 6.45) is 5.53. The van der Waals surface area contributed by atoms with Crippen molar-refractivity contribution in [3.8, 4) is 0 Å². The van der Waals surface area contributed by atoms with Crippen LogP contribution in [0.15, 0.2) is 18.7 Å². The number of imidazole rings is 1. The summed E-state index contributed by atoms with van der Waals surface area (Å²) in [5, 5.41) is 7.57. The highest BCUT2D eigenvalue weighted by molar-refractivity contribution is 4.72. The van der Waals surface area contributed by atoms with Crippen LogP contribution < -0.4 is 0 Å². The van der Waals surface area contributed by atoms with Crippen LogP contribution in [0.4, 0.5) is 0 Å². The average Bonchev–Trinajstić information content (AvgIpc) is 2.39. The van der Waals surface area contributed by atoms with Gasteiger partial charge < -0.3 is 9.67 Å². The van der Waals surface area contributed by atoms with Gasteiger partial charge >= 0.3 is 0 Å². The summed E-state index contributed by atoms with van der Waals surface area (Å²) in [4.78, 5) is 3.86. The summed E-state index contributed by atoms with van der Waals surface area (Å²) < 4.78 is 2.01. The van der Waals surface area contributed by atoms with E-state index in [-0.39, 0.29) is 6.61 Å². The zero-order chi connectivity index (χ0) is 7.82. The lowest BCUT2D eigenvalue weighted by Gasteiger charge is -1.87. The van der Waals surface area contributed by atoms with Crippen molar-refractivity contribution in [2.45, 2.75) is 20.4 Å². The second kappa shape index (κ2) is 6.29. The third kappa shape index (κ3) is 4.09. The van der Waals surface area contributed by atoms with Crippen LogP contribution in [0.2, 0.25) is 0 Å². The Balaban J connectivity index is 0.000000236. The number of aryl methyl sites for hydroxylation is 1. The zero-order valence-electron chi connectivity index (χ0n) is 6.49. The summed E-state index contributed by atoms with van der Waals surface area (Å²) in [6, 6.07) is 0. The second-order valence-corrected chi connectivity index (χ2v) is 1.71. The molecular formula is C7H14N2O. The van der Waals surface area contributed by atoms with E-state index in [0.717, 1.165) is 6.54 Å². The Morgan fingerprint density at radius 3 is 2.30 bits per heavy atom. The standard InChI is InChI=1S/C5H8N2.C2H6O/c1-2-7-4-3-6-5-7;1-2-3/h3-5H,2H2,1H3;3H,2H2,1H3. The maximum atomic E-state index is 7.57. The Bertz CT molecular complexity index is 137. The Morgan fingerprint density at radius 2 is 2.10 bits per heavy atom. The number of hydrogen-bond donors (Lipinski definition) is 1. The van der Waals surface area contributed by atoms with E-state index < -0.39 is 0 Å². The van der Waals surface area contributed by atoms with E-state index in [0.29, 0.717) is 0 Å². The predicted octanol–water partition coefficient (Wildman–Crippen LogP) is 0.902. The smallest absolute Gasteiger partial charge is 0.0945 e. The van der Waals surface area contributed by atoms with Gasteiger partial charge in [-0.15, -0.1) is 0 Å². The van der Waals surface area contributed by atoms with Gasteiger partial charge in [0.05, 0.1) is 6.33 Å². The number of hydrogen-bond acceptors (Lipinski definition) is 2. The van der Waals surface area contributed by atoms with Crippen molar-refractivity contribution in [1.82, 2.24) is 9.55 Å². The van der Waals surface area contributed by atoms with Crippen molar-refractivity contribution >= 4 is 0 Å². The van der Waals surface area contributed by atoms with Crippen LogP contribution in [0.1, 0.15) is 13.8 Å². The van der Waals surface area contributed by atoms with Gasteiger partial charge in [0.1, 0.15) is 0 Å². The molecule has 0 aromatic carbocycles. The number of aromatic nitrogens is 2. The molecular weight excluding hydrogens is 128 g/mol. The maximum absolute atomic E-state index is 7.57. The molecule has 1 N–H and O–H groups in total. The number of aliphatic hydroxyl groups excluding tert-OH is 1. The number of nitrogens with zero attached hydrogens (tertiary/aromatic N) is 2. The molecule has 1 heterocycles. The van der Waals surface area contributed by atoms with Gasteiger partial charge in [-0.3, -0.25) is 0 Å². The highest BCUT2D eigenvalue weighted by atomic mass is 16.2. The minimum absolute atomic E-state index is 0.250.